The molecule has 3 N–H and O–H groups in total. The summed E-state index contributed by atoms with van der Waals surface area (Å²) in [6, 6.07) is 0. The third kappa shape index (κ3) is 4.26. The maximum absolute atomic E-state index is 11.8. The number of carbonyl (C=O) groups excluding carboxylic acids is 1. The summed E-state index contributed by atoms with van der Waals surface area (Å²) in [5, 5.41) is 2.95. The lowest BCUT2D eigenvalue weighted by Crippen LogP contribution is -2.39. The van der Waals surface area contributed by atoms with Gasteiger partial charge in [0.15, 0.2) is 0 Å². The van der Waals surface area contributed by atoms with Gasteiger partial charge in [-0.1, -0.05) is 51.2 Å². The van der Waals surface area contributed by atoms with Crippen LogP contribution in [0.3, 0.4) is 0 Å². The average Bonchev–Trinajstić information content (AvgIpc) is 3.08. The maximum atomic E-state index is 11.8. The quantitative estimate of drug-likeness (QED) is 0.492. The van der Waals surface area contributed by atoms with E-state index in [0.717, 1.165) is 25.8 Å². The molecule has 1 fully saturated rings. The molecule has 1 amide bonds. The molecule has 0 heterocycles. The summed E-state index contributed by atoms with van der Waals surface area (Å²) in [5.41, 5.74) is 5.10. The van der Waals surface area contributed by atoms with Gasteiger partial charge in [-0.15, -0.1) is 0 Å². The van der Waals surface area contributed by atoms with Crippen LogP contribution in [-0.2, 0) is 4.79 Å². The monoisotopic (exact) mass is 256 g/mol. The van der Waals surface area contributed by atoms with Crippen molar-refractivity contribution in [3.8, 4) is 0 Å². The Labute approximate surface area is 110 Å². The van der Waals surface area contributed by atoms with E-state index in [-0.39, 0.29) is 5.91 Å². The lowest BCUT2D eigenvalue weighted by molar-refractivity contribution is -0.124. The van der Waals surface area contributed by atoms with Crippen molar-refractivity contribution in [2.45, 2.75) is 58.3 Å². The Morgan fingerprint density at radius 2 is 1.82 bits per heavy atom. The molecule has 0 bridgehead atoms. The summed E-state index contributed by atoms with van der Waals surface area (Å²) in [6.45, 7) is 2.97. The average molecular weight is 256 g/mol. The molecule has 0 aliphatic heterocycles. The number of hydrogen-bond donors (Lipinski definition) is 2. The minimum absolute atomic E-state index is 0.0403. The molecule has 0 aromatic carbocycles. The van der Waals surface area contributed by atoms with Crippen molar-refractivity contribution in [1.82, 2.24) is 5.32 Å². The maximum Gasteiger partial charge on any atom is 0.233 e. The number of hydrogen-bond acceptors (Lipinski definition) is 2. The zero-order chi connectivity index (χ0) is 12.7. The molecule has 0 aromatic rings. The fourth-order valence-electron chi connectivity index (χ4n) is 1.99. The topological polar surface area (TPSA) is 55.1 Å². The van der Waals surface area contributed by atoms with E-state index >= 15 is 0 Å². The number of carbonyl (C=O) groups is 1. The van der Waals surface area contributed by atoms with Crippen LogP contribution >= 0.6 is 12.2 Å². The van der Waals surface area contributed by atoms with E-state index in [4.69, 9.17) is 18.0 Å². The molecule has 1 aliphatic carbocycles. The minimum atomic E-state index is -0.489. The van der Waals surface area contributed by atoms with Crippen molar-refractivity contribution in [2.75, 3.05) is 6.54 Å². The van der Waals surface area contributed by atoms with Crippen LogP contribution < -0.4 is 11.1 Å². The largest absolute Gasteiger partial charge is 0.392 e. The van der Waals surface area contributed by atoms with Crippen molar-refractivity contribution in [2.24, 2.45) is 11.1 Å². The second-order valence-corrected chi connectivity index (χ2v) is 5.41. The Balaban J connectivity index is 2.03. The van der Waals surface area contributed by atoms with Gasteiger partial charge in [0.25, 0.3) is 0 Å². The van der Waals surface area contributed by atoms with E-state index < -0.39 is 5.41 Å². The lowest BCUT2D eigenvalue weighted by atomic mass is 10.1. The second-order valence-electron chi connectivity index (χ2n) is 4.97. The number of amides is 1. The molecule has 0 aromatic heterocycles. The highest BCUT2D eigenvalue weighted by Crippen LogP contribution is 2.46. The molecule has 0 radical (unpaired) electrons. The molecule has 1 rings (SSSR count). The van der Waals surface area contributed by atoms with Gasteiger partial charge >= 0.3 is 0 Å². The molecule has 0 spiro atoms. The smallest absolute Gasteiger partial charge is 0.233 e. The van der Waals surface area contributed by atoms with Crippen LogP contribution in [0, 0.1) is 5.41 Å². The van der Waals surface area contributed by atoms with Gasteiger partial charge in [-0.25, -0.2) is 0 Å². The van der Waals surface area contributed by atoms with Gasteiger partial charge in [0.2, 0.25) is 5.91 Å². The van der Waals surface area contributed by atoms with Gasteiger partial charge in [0.1, 0.15) is 0 Å². The Hall–Kier alpha value is -0.640. The fourth-order valence-corrected chi connectivity index (χ4v) is 2.28. The normalized spacial score (nSPS) is 16.5. The minimum Gasteiger partial charge on any atom is -0.392 e. The van der Waals surface area contributed by atoms with E-state index in [0.29, 0.717) is 4.99 Å². The van der Waals surface area contributed by atoms with E-state index in [2.05, 4.69) is 12.2 Å². The van der Waals surface area contributed by atoms with Crippen LogP contribution in [0.4, 0.5) is 0 Å². The Morgan fingerprint density at radius 3 is 2.35 bits per heavy atom. The first kappa shape index (κ1) is 14.4. The predicted molar refractivity (Wildman–Crippen MR) is 74.8 cm³/mol. The summed E-state index contributed by atoms with van der Waals surface area (Å²) < 4.78 is 0. The van der Waals surface area contributed by atoms with E-state index in [1.165, 1.54) is 32.1 Å². The zero-order valence-corrected chi connectivity index (χ0v) is 11.6. The number of thiocarbonyl (C=S) groups is 1. The van der Waals surface area contributed by atoms with Crippen molar-refractivity contribution in [3.05, 3.63) is 0 Å². The van der Waals surface area contributed by atoms with Crippen molar-refractivity contribution < 1.29 is 4.79 Å². The van der Waals surface area contributed by atoms with Gasteiger partial charge in [-0.2, -0.15) is 0 Å². The third-order valence-electron chi connectivity index (χ3n) is 3.47. The Kier molecular flexibility index (Phi) is 5.89. The summed E-state index contributed by atoms with van der Waals surface area (Å²) in [4.78, 5) is 12.2. The van der Waals surface area contributed by atoms with Crippen LogP contribution in [0.5, 0.6) is 0 Å². The number of rotatable bonds is 9. The van der Waals surface area contributed by atoms with Gasteiger partial charge in [-0.3, -0.25) is 4.79 Å². The molecule has 0 unspecified atom stereocenters. The Bertz CT molecular complexity index is 275. The van der Waals surface area contributed by atoms with Gasteiger partial charge < -0.3 is 11.1 Å². The van der Waals surface area contributed by atoms with Crippen LogP contribution in [0.2, 0.25) is 0 Å². The number of nitrogens with two attached hydrogens (primary N) is 1. The molecule has 17 heavy (non-hydrogen) atoms. The lowest BCUT2D eigenvalue weighted by Gasteiger charge is -2.13. The SMILES string of the molecule is CCCCCCCCNC(=O)C1(C(N)=S)CC1. The fraction of sp³-hybridized carbons (Fsp3) is 0.846. The van der Waals surface area contributed by atoms with Crippen molar-refractivity contribution >= 4 is 23.1 Å². The highest BCUT2D eigenvalue weighted by atomic mass is 32.1. The summed E-state index contributed by atoms with van der Waals surface area (Å²) >= 11 is 4.94. The zero-order valence-electron chi connectivity index (χ0n) is 10.8. The second kappa shape index (κ2) is 6.94. The van der Waals surface area contributed by atoms with E-state index in [1.807, 2.05) is 0 Å². The molecular weight excluding hydrogens is 232 g/mol. The molecule has 0 atom stereocenters. The molecule has 3 nitrogen and oxygen atoms in total. The highest BCUT2D eigenvalue weighted by Gasteiger charge is 2.52. The van der Waals surface area contributed by atoms with Crippen LogP contribution in [0.1, 0.15) is 58.3 Å². The molecule has 0 saturated heterocycles. The van der Waals surface area contributed by atoms with Gasteiger partial charge in [-0.05, 0) is 19.3 Å². The first-order valence-corrected chi connectivity index (χ1v) is 7.12. The first-order chi connectivity index (χ1) is 8.13. The molecule has 1 aliphatic rings. The predicted octanol–water partition coefficient (Wildman–Crippen LogP) is 2.53. The standard InChI is InChI=1S/C13H24N2OS/c1-2-3-4-5-6-7-10-15-12(16)13(8-9-13)11(14)17/h2-10H2,1H3,(H2,14,17)(H,15,16). The number of unbranched alkanes of at least 4 members (excludes halogenated alkanes) is 5. The summed E-state index contributed by atoms with van der Waals surface area (Å²) in [5.74, 6) is 0.0403. The molecule has 98 valence electrons. The highest BCUT2D eigenvalue weighted by molar-refractivity contribution is 7.80. The Morgan fingerprint density at radius 1 is 1.24 bits per heavy atom. The number of nitrogens with one attached hydrogen (secondary N) is 1. The molecule has 1 saturated carbocycles. The first-order valence-electron chi connectivity index (χ1n) is 6.71. The van der Waals surface area contributed by atoms with Crippen molar-refractivity contribution in [1.29, 1.82) is 0 Å². The van der Waals surface area contributed by atoms with E-state index in [1.54, 1.807) is 0 Å². The van der Waals surface area contributed by atoms with Crippen molar-refractivity contribution in [3.63, 3.8) is 0 Å². The van der Waals surface area contributed by atoms with E-state index in [9.17, 15) is 4.79 Å². The van der Waals surface area contributed by atoms with Crippen LogP contribution in [-0.4, -0.2) is 17.4 Å². The summed E-state index contributed by atoms with van der Waals surface area (Å²) in [6.07, 6.45) is 9.06. The van der Waals surface area contributed by atoms with Gasteiger partial charge in [0, 0.05) is 6.54 Å². The molecular formula is C13H24N2OS. The van der Waals surface area contributed by atoms with Gasteiger partial charge in [0.05, 0.1) is 10.4 Å². The third-order valence-corrected chi connectivity index (χ3v) is 3.86. The molecule has 4 heteroatoms. The van der Waals surface area contributed by atoms with Crippen LogP contribution in [0.15, 0.2) is 0 Å². The van der Waals surface area contributed by atoms with Crippen LogP contribution in [0.25, 0.3) is 0 Å². The summed E-state index contributed by atoms with van der Waals surface area (Å²) in [7, 11) is 0.